The second kappa shape index (κ2) is 14.3. The van der Waals surface area contributed by atoms with Crippen LogP contribution in [0.2, 0.25) is 0 Å². The van der Waals surface area contributed by atoms with Crippen LogP contribution in [0.4, 0.5) is 0 Å². The van der Waals surface area contributed by atoms with Gasteiger partial charge >= 0.3 is 17.9 Å². The number of esters is 3. The van der Waals surface area contributed by atoms with Crippen LogP contribution in [0.25, 0.3) is 0 Å². The molecule has 0 saturated heterocycles. The van der Waals surface area contributed by atoms with Gasteiger partial charge in [0.25, 0.3) is 0 Å². The van der Waals surface area contributed by atoms with E-state index in [1.165, 1.54) is 32.9 Å². The monoisotopic (exact) mass is 532 g/mol. The van der Waals surface area contributed by atoms with Gasteiger partial charge in [0, 0.05) is 26.3 Å². The highest BCUT2D eigenvalue weighted by Crippen LogP contribution is 2.33. The Balaban J connectivity index is 2.08. The maximum atomic E-state index is 12.5. The number of carbonyl (C=O) groups excluding carboxylic acids is 4. The lowest BCUT2D eigenvalue weighted by atomic mass is 9.89. The smallest absolute Gasteiger partial charge is 0.303 e. The van der Waals surface area contributed by atoms with Crippen molar-refractivity contribution in [2.24, 2.45) is 0 Å². The predicted molar refractivity (Wildman–Crippen MR) is 137 cm³/mol. The lowest BCUT2D eigenvalue weighted by molar-refractivity contribution is -0.173. The molecule has 0 amide bonds. The van der Waals surface area contributed by atoms with Gasteiger partial charge in [-0.1, -0.05) is 12.1 Å². The number of carbonyl (C=O) groups is 4. The van der Waals surface area contributed by atoms with Crippen molar-refractivity contribution in [1.82, 2.24) is 0 Å². The largest absolute Gasteiger partial charge is 0.493 e. The molecule has 1 aliphatic rings. The second-order valence-electron chi connectivity index (χ2n) is 8.96. The van der Waals surface area contributed by atoms with E-state index < -0.39 is 35.7 Å². The number of methoxy groups -OCH3 is 2. The summed E-state index contributed by atoms with van der Waals surface area (Å²) in [5.74, 6) is -0.876. The van der Waals surface area contributed by atoms with Gasteiger partial charge in [0.1, 0.15) is 18.3 Å². The molecule has 3 atom stereocenters. The van der Waals surface area contributed by atoms with Crippen LogP contribution in [-0.4, -0.2) is 67.4 Å². The summed E-state index contributed by atoms with van der Waals surface area (Å²) in [6, 6.07) is 5.61. The average Bonchev–Trinajstić information content (AvgIpc) is 3.13. The number of allylic oxidation sites excluding steroid dienone is 2. The Labute approximate surface area is 222 Å². The number of rotatable bonds is 14. The number of aryl methyl sites for hydroxylation is 1. The molecule has 0 aromatic heterocycles. The van der Waals surface area contributed by atoms with Gasteiger partial charge in [-0.05, 0) is 62.0 Å². The number of hydrogen-bond donors (Lipinski definition) is 1. The Hall–Kier alpha value is -3.66. The predicted octanol–water partition coefficient (Wildman–Crippen LogP) is 3.03. The van der Waals surface area contributed by atoms with Gasteiger partial charge in [0.15, 0.2) is 23.4 Å². The molecule has 0 bridgehead atoms. The van der Waals surface area contributed by atoms with Crippen molar-refractivity contribution in [2.75, 3.05) is 20.8 Å². The summed E-state index contributed by atoms with van der Waals surface area (Å²) in [7, 11) is 3.13. The Morgan fingerprint density at radius 1 is 0.974 bits per heavy atom. The van der Waals surface area contributed by atoms with E-state index in [4.69, 9.17) is 23.7 Å². The molecule has 0 spiro atoms. The van der Waals surface area contributed by atoms with Crippen LogP contribution in [0, 0.1) is 0 Å². The fraction of sp³-hybridized carbons (Fsp3) is 0.500. The highest BCUT2D eigenvalue weighted by atomic mass is 16.6. The van der Waals surface area contributed by atoms with Gasteiger partial charge in [0.2, 0.25) is 0 Å². The molecule has 0 radical (unpaired) electrons. The fourth-order valence-corrected chi connectivity index (χ4v) is 4.26. The normalized spacial score (nSPS) is 19.1. The van der Waals surface area contributed by atoms with E-state index in [9.17, 15) is 24.3 Å². The van der Waals surface area contributed by atoms with Crippen molar-refractivity contribution in [3.63, 3.8) is 0 Å². The molecule has 208 valence electrons. The van der Waals surface area contributed by atoms with Crippen molar-refractivity contribution >= 4 is 23.7 Å². The van der Waals surface area contributed by atoms with Crippen LogP contribution in [0.5, 0.6) is 11.5 Å². The molecular weight excluding hydrogens is 496 g/mol. The minimum absolute atomic E-state index is 0.164. The highest BCUT2D eigenvalue weighted by Gasteiger charge is 2.37. The van der Waals surface area contributed by atoms with Gasteiger partial charge in [-0.2, -0.15) is 0 Å². The number of ether oxygens (including phenoxy) is 5. The summed E-state index contributed by atoms with van der Waals surface area (Å²) in [6.07, 6.45) is 4.44. The van der Waals surface area contributed by atoms with Crippen molar-refractivity contribution < 1.29 is 48.0 Å². The van der Waals surface area contributed by atoms with Crippen LogP contribution < -0.4 is 9.47 Å². The van der Waals surface area contributed by atoms with Crippen molar-refractivity contribution in [1.29, 1.82) is 0 Å². The molecule has 1 N–H and O–H groups in total. The first kappa shape index (κ1) is 30.6. The molecule has 0 heterocycles. The molecule has 0 fully saturated rings. The minimum atomic E-state index is -1.43. The van der Waals surface area contributed by atoms with E-state index in [0.29, 0.717) is 30.8 Å². The number of ketones is 1. The van der Waals surface area contributed by atoms with E-state index in [1.54, 1.807) is 20.3 Å². The third-order valence-electron chi connectivity index (χ3n) is 6.01. The van der Waals surface area contributed by atoms with E-state index >= 15 is 0 Å². The number of benzene rings is 1. The Bertz CT molecular complexity index is 1070. The number of hydrogen-bond acceptors (Lipinski definition) is 10. The summed E-state index contributed by atoms with van der Waals surface area (Å²) in [4.78, 5) is 47.0. The van der Waals surface area contributed by atoms with Gasteiger partial charge in [-0.25, -0.2) is 0 Å². The molecule has 38 heavy (non-hydrogen) atoms. The van der Waals surface area contributed by atoms with Crippen molar-refractivity contribution in [3.8, 4) is 11.5 Å². The standard InChI is InChI=1S/C28H36O10/c1-18(29)36-17-27(38-20(3)31)25(37-19(2)30)10-6-9-22-23(32)13-15-28(22,33)14-7-8-21-11-12-24(34-4)26(16-21)35-5/h9,11-13,15-16,25,27,33H,6-8,10,14,17H2,1-5H3. The van der Waals surface area contributed by atoms with E-state index in [-0.39, 0.29) is 30.8 Å². The Morgan fingerprint density at radius 3 is 2.24 bits per heavy atom. The molecule has 1 aromatic rings. The molecule has 2 rings (SSSR count). The first-order valence-electron chi connectivity index (χ1n) is 12.3. The van der Waals surface area contributed by atoms with Crippen molar-refractivity contribution in [2.45, 2.75) is 70.7 Å². The Kier molecular flexibility index (Phi) is 11.5. The molecule has 1 aliphatic carbocycles. The van der Waals surface area contributed by atoms with E-state index in [2.05, 4.69) is 0 Å². The average molecular weight is 533 g/mol. The molecule has 10 heteroatoms. The molecule has 1 aromatic carbocycles. The van der Waals surface area contributed by atoms with Crippen LogP contribution in [0.15, 0.2) is 42.0 Å². The molecule has 3 unspecified atom stereocenters. The first-order chi connectivity index (χ1) is 18.0. The van der Waals surface area contributed by atoms with Crippen LogP contribution in [0.3, 0.4) is 0 Å². The maximum absolute atomic E-state index is 12.5. The molecule has 10 nitrogen and oxygen atoms in total. The van der Waals surface area contributed by atoms with Crippen LogP contribution in [-0.2, 0) is 39.8 Å². The molecule has 0 aliphatic heterocycles. The molecular formula is C28H36O10. The zero-order valence-electron chi connectivity index (χ0n) is 22.5. The summed E-state index contributed by atoms with van der Waals surface area (Å²) < 4.78 is 26.1. The van der Waals surface area contributed by atoms with Crippen molar-refractivity contribution in [3.05, 3.63) is 47.6 Å². The summed E-state index contributed by atoms with van der Waals surface area (Å²) in [6.45, 7) is 3.33. The topological polar surface area (TPSA) is 135 Å². The Morgan fingerprint density at radius 2 is 1.63 bits per heavy atom. The number of aliphatic hydroxyl groups is 1. The highest BCUT2D eigenvalue weighted by molar-refractivity contribution is 6.09. The minimum Gasteiger partial charge on any atom is -0.493 e. The van der Waals surface area contributed by atoms with Gasteiger partial charge in [-0.3, -0.25) is 19.2 Å². The van der Waals surface area contributed by atoms with Gasteiger partial charge < -0.3 is 28.8 Å². The zero-order valence-corrected chi connectivity index (χ0v) is 22.5. The fourth-order valence-electron chi connectivity index (χ4n) is 4.26. The SMILES string of the molecule is COc1ccc(CCCC2(O)C=CC(=O)C2=CCCC(OC(C)=O)C(COC(C)=O)OC(C)=O)cc1OC. The maximum Gasteiger partial charge on any atom is 0.303 e. The lowest BCUT2D eigenvalue weighted by Crippen LogP contribution is -2.38. The van der Waals surface area contributed by atoms with Crippen LogP contribution >= 0.6 is 0 Å². The van der Waals surface area contributed by atoms with E-state index in [1.807, 2.05) is 18.2 Å². The third-order valence-corrected chi connectivity index (χ3v) is 6.01. The summed E-state index contributed by atoms with van der Waals surface area (Å²) in [5, 5.41) is 11.2. The summed E-state index contributed by atoms with van der Waals surface area (Å²) >= 11 is 0. The summed E-state index contributed by atoms with van der Waals surface area (Å²) in [5.41, 5.74) is -0.202. The lowest BCUT2D eigenvalue weighted by Gasteiger charge is -2.26. The first-order valence-corrected chi connectivity index (χ1v) is 12.3. The quantitative estimate of drug-likeness (QED) is 0.216. The third kappa shape index (κ3) is 9.02. The van der Waals surface area contributed by atoms with Crippen LogP contribution in [0.1, 0.15) is 52.0 Å². The molecule has 0 saturated carbocycles. The van der Waals surface area contributed by atoms with Gasteiger partial charge in [0.05, 0.1) is 14.2 Å². The van der Waals surface area contributed by atoms with Gasteiger partial charge in [-0.15, -0.1) is 0 Å². The zero-order chi connectivity index (χ0) is 28.3. The second-order valence-corrected chi connectivity index (χ2v) is 8.96. The van der Waals surface area contributed by atoms with E-state index in [0.717, 1.165) is 5.56 Å².